The van der Waals surface area contributed by atoms with Crippen LogP contribution in [0.4, 0.5) is 0 Å². The van der Waals surface area contributed by atoms with Gasteiger partial charge in [0.05, 0.1) is 11.7 Å². The summed E-state index contributed by atoms with van der Waals surface area (Å²) in [5.41, 5.74) is 0.290. The average molecular weight is 250 g/mol. The van der Waals surface area contributed by atoms with E-state index in [9.17, 15) is 4.79 Å². The zero-order valence-corrected chi connectivity index (χ0v) is 11.2. The van der Waals surface area contributed by atoms with Crippen molar-refractivity contribution in [3.8, 4) is 5.75 Å². The second-order valence-electron chi connectivity index (χ2n) is 4.61. The van der Waals surface area contributed by atoms with Crippen LogP contribution in [-0.2, 0) is 0 Å². The van der Waals surface area contributed by atoms with E-state index in [4.69, 9.17) is 9.84 Å². The normalized spacial score (nSPS) is 12.1. The maximum absolute atomic E-state index is 10.7. The smallest absolute Gasteiger partial charge is 0.335 e. The fourth-order valence-electron chi connectivity index (χ4n) is 1.83. The van der Waals surface area contributed by atoms with Crippen molar-refractivity contribution in [2.24, 2.45) is 0 Å². The number of unbranched alkanes of at least 4 members (excludes halogenated alkanes) is 3. The van der Waals surface area contributed by atoms with Gasteiger partial charge >= 0.3 is 5.97 Å². The number of carboxylic acids is 1. The second-order valence-corrected chi connectivity index (χ2v) is 4.61. The third-order valence-corrected chi connectivity index (χ3v) is 2.90. The van der Waals surface area contributed by atoms with E-state index < -0.39 is 5.97 Å². The van der Waals surface area contributed by atoms with E-state index in [1.807, 2.05) is 0 Å². The molecule has 0 radical (unpaired) electrons. The van der Waals surface area contributed by atoms with Crippen LogP contribution < -0.4 is 4.74 Å². The zero-order chi connectivity index (χ0) is 13.4. The van der Waals surface area contributed by atoms with Crippen molar-refractivity contribution in [1.29, 1.82) is 0 Å². The first-order valence-electron chi connectivity index (χ1n) is 6.63. The molecule has 3 nitrogen and oxygen atoms in total. The van der Waals surface area contributed by atoms with Gasteiger partial charge in [0.2, 0.25) is 0 Å². The number of ether oxygens (including phenoxy) is 1. The minimum absolute atomic E-state index is 0.178. The summed E-state index contributed by atoms with van der Waals surface area (Å²) >= 11 is 0. The number of hydrogen-bond donors (Lipinski definition) is 1. The Morgan fingerprint density at radius 2 is 1.89 bits per heavy atom. The molecule has 0 fully saturated rings. The van der Waals surface area contributed by atoms with E-state index in [1.54, 1.807) is 24.3 Å². The molecular weight excluding hydrogens is 228 g/mol. The van der Waals surface area contributed by atoms with Crippen molar-refractivity contribution in [1.82, 2.24) is 0 Å². The lowest BCUT2D eigenvalue weighted by molar-refractivity contribution is 0.0697. The molecule has 1 aromatic carbocycles. The van der Waals surface area contributed by atoms with Crippen molar-refractivity contribution < 1.29 is 14.6 Å². The van der Waals surface area contributed by atoms with Gasteiger partial charge in [-0.3, -0.25) is 0 Å². The van der Waals surface area contributed by atoms with Crippen LogP contribution in [0.2, 0.25) is 0 Å². The summed E-state index contributed by atoms with van der Waals surface area (Å²) in [4.78, 5) is 10.7. The van der Waals surface area contributed by atoms with E-state index >= 15 is 0 Å². The predicted octanol–water partition coefficient (Wildman–Crippen LogP) is 4.12. The van der Waals surface area contributed by atoms with Gasteiger partial charge in [-0.15, -0.1) is 0 Å². The highest BCUT2D eigenvalue weighted by atomic mass is 16.5. The van der Waals surface area contributed by atoms with Crippen LogP contribution in [-0.4, -0.2) is 17.2 Å². The predicted molar refractivity (Wildman–Crippen MR) is 72.3 cm³/mol. The van der Waals surface area contributed by atoms with Crippen LogP contribution >= 0.6 is 0 Å². The molecule has 1 aromatic rings. The molecule has 0 saturated carbocycles. The summed E-state index contributed by atoms with van der Waals surface area (Å²) in [5.74, 6) is -0.169. The molecule has 0 bridgehead atoms. The molecule has 0 aliphatic heterocycles. The van der Waals surface area contributed by atoms with Crippen LogP contribution in [0.15, 0.2) is 24.3 Å². The monoisotopic (exact) mass is 250 g/mol. The fourth-order valence-corrected chi connectivity index (χ4v) is 1.83. The largest absolute Gasteiger partial charge is 0.491 e. The minimum Gasteiger partial charge on any atom is -0.491 e. The Labute approximate surface area is 109 Å². The van der Waals surface area contributed by atoms with E-state index in [-0.39, 0.29) is 11.7 Å². The number of carboxylic acid groups (broad SMARTS) is 1. The van der Waals surface area contributed by atoms with Gasteiger partial charge in [0.1, 0.15) is 5.75 Å². The van der Waals surface area contributed by atoms with Crippen molar-refractivity contribution in [2.45, 2.75) is 52.1 Å². The first-order chi connectivity index (χ1) is 8.63. The quantitative estimate of drug-likeness (QED) is 0.706. The summed E-state index contributed by atoms with van der Waals surface area (Å²) in [5, 5.41) is 8.78. The van der Waals surface area contributed by atoms with Gasteiger partial charge in [-0.05, 0) is 44.0 Å². The standard InChI is InChI=1S/C15H22O3/c1-3-4-5-6-7-12(2)18-14-10-8-13(9-11-14)15(16)17/h8-12H,3-7H2,1-2H3,(H,16,17)/t12-/m1/s1. The first-order valence-corrected chi connectivity index (χ1v) is 6.63. The van der Waals surface area contributed by atoms with Crippen molar-refractivity contribution >= 4 is 5.97 Å². The Hall–Kier alpha value is -1.51. The highest BCUT2D eigenvalue weighted by Gasteiger charge is 2.06. The van der Waals surface area contributed by atoms with Crippen molar-refractivity contribution in [3.63, 3.8) is 0 Å². The number of benzene rings is 1. The summed E-state index contributed by atoms with van der Waals surface area (Å²) < 4.78 is 5.74. The Bertz CT molecular complexity index is 357. The van der Waals surface area contributed by atoms with Gasteiger partial charge in [0, 0.05) is 0 Å². The topological polar surface area (TPSA) is 46.5 Å². The first kappa shape index (κ1) is 14.6. The molecule has 0 aliphatic rings. The summed E-state index contributed by atoms with van der Waals surface area (Å²) in [7, 11) is 0. The lowest BCUT2D eigenvalue weighted by atomic mass is 10.1. The highest BCUT2D eigenvalue weighted by molar-refractivity contribution is 5.87. The lowest BCUT2D eigenvalue weighted by Crippen LogP contribution is -2.11. The third kappa shape index (κ3) is 5.21. The Balaban J connectivity index is 2.35. The maximum atomic E-state index is 10.7. The van der Waals surface area contributed by atoms with Crippen LogP contribution in [0.25, 0.3) is 0 Å². The number of hydrogen-bond acceptors (Lipinski definition) is 2. The molecule has 1 atom stereocenters. The molecule has 100 valence electrons. The van der Waals surface area contributed by atoms with Gasteiger partial charge in [-0.1, -0.05) is 26.2 Å². The SMILES string of the molecule is CCCCCC[C@@H](C)Oc1ccc(C(=O)O)cc1. The molecule has 1 N–H and O–H groups in total. The van der Waals surface area contributed by atoms with Gasteiger partial charge < -0.3 is 9.84 Å². The van der Waals surface area contributed by atoms with Gasteiger partial charge in [-0.2, -0.15) is 0 Å². The maximum Gasteiger partial charge on any atom is 0.335 e. The molecule has 3 heteroatoms. The number of rotatable bonds is 8. The van der Waals surface area contributed by atoms with Crippen LogP contribution in [0.3, 0.4) is 0 Å². The number of carbonyl (C=O) groups is 1. The Morgan fingerprint density at radius 1 is 1.22 bits per heavy atom. The molecule has 0 heterocycles. The second kappa shape index (κ2) is 7.75. The van der Waals surface area contributed by atoms with E-state index in [1.165, 1.54) is 25.7 Å². The fraction of sp³-hybridized carbons (Fsp3) is 0.533. The van der Waals surface area contributed by atoms with E-state index in [2.05, 4.69) is 13.8 Å². The minimum atomic E-state index is -0.908. The lowest BCUT2D eigenvalue weighted by Gasteiger charge is -2.14. The van der Waals surface area contributed by atoms with Gasteiger partial charge in [0.15, 0.2) is 0 Å². The molecule has 0 amide bonds. The van der Waals surface area contributed by atoms with Crippen LogP contribution in [0.1, 0.15) is 56.3 Å². The van der Waals surface area contributed by atoms with E-state index in [0.29, 0.717) is 0 Å². The molecular formula is C15H22O3. The molecule has 1 rings (SSSR count). The van der Waals surface area contributed by atoms with Crippen LogP contribution in [0, 0.1) is 0 Å². The van der Waals surface area contributed by atoms with Crippen molar-refractivity contribution in [2.75, 3.05) is 0 Å². The molecule has 0 spiro atoms. The zero-order valence-electron chi connectivity index (χ0n) is 11.2. The summed E-state index contributed by atoms with van der Waals surface area (Å²) in [6, 6.07) is 6.57. The van der Waals surface area contributed by atoms with Gasteiger partial charge in [0.25, 0.3) is 0 Å². The highest BCUT2D eigenvalue weighted by Crippen LogP contribution is 2.16. The number of aromatic carboxylic acids is 1. The Morgan fingerprint density at radius 3 is 2.44 bits per heavy atom. The van der Waals surface area contributed by atoms with Crippen LogP contribution in [0.5, 0.6) is 5.75 Å². The third-order valence-electron chi connectivity index (χ3n) is 2.90. The summed E-state index contributed by atoms with van der Waals surface area (Å²) in [6.45, 7) is 4.25. The summed E-state index contributed by atoms with van der Waals surface area (Å²) in [6.07, 6.45) is 6.18. The van der Waals surface area contributed by atoms with E-state index in [0.717, 1.165) is 12.2 Å². The van der Waals surface area contributed by atoms with Gasteiger partial charge in [-0.25, -0.2) is 4.79 Å². The molecule has 0 aliphatic carbocycles. The average Bonchev–Trinajstić information content (AvgIpc) is 2.35. The molecule has 18 heavy (non-hydrogen) atoms. The Kier molecular flexibility index (Phi) is 6.26. The molecule has 0 saturated heterocycles. The molecule has 0 unspecified atom stereocenters. The van der Waals surface area contributed by atoms with Crippen molar-refractivity contribution in [3.05, 3.63) is 29.8 Å². The molecule has 0 aromatic heterocycles.